The summed E-state index contributed by atoms with van der Waals surface area (Å²) >= 11 is 7.50. The molecule has 0 saturated carbocycles. The molecule has 0 aromatic heterocycles. The minimum Gasteiger partial charge on any atom is -0.317 e. The van der Waals surface area contributed by atoms with Gasteiger partial charge in [-0.25, -0.2) is 8.78 Å². The predicted octanol–water partition coefficient (Wildman–Crippen LogP) is 6.16. The van der Waals surface area contributed by atoms with Crippen molar-refractivity contribution in [3.8, 4) is 0 Å². The SMILES string of the molecule is O=C(Nc1c(F)cccc1F)c1ccc(CSc2ccc(Cl)cc2)cc1. The molecule has 132 valence electrons. The first-order chi connectivity index (χ1) is 12.5. The van der Waals surface area contributed by atoms with Gasteiger partial charge in [0, 0.05) is 21.2 Å². The van der Waals surface area contributed by atoms with E-state index in [-0.39, 0.29) is 0 Å². The van der Waals surface area contributed by atoms with Crippen LogP contribution in [0.1, 0.15) is 15.9 Å². The number of hydrogen-bond acceptors (Lipinski definition) is 2. The van der Waals surface area contributed by atoms with Crippen molar-refractivity contribution in [3.05, 3.63) is 94.5 Å². The first kappa shape index (κ1) is 18.4. The van der Waals surface area contributed by atoms with E-state index in [0.717, 1.165) is 28.3 Å². The first-order valence-electron chi connectivity index (χ1n) is 7.75. The zero-order valence-electron chi connectivity index (χ0n) is 13.5. The maximum atomic E-state index is 13.6. The second kappa shape index (κ2) is 8.34. The molecular weight excluding hydrogens is 376 g/mol. The van der Waals surface area contributed by atoms with E-state index < -0.39 is 23.2 Å². The van der Waals surface area contributed by atoms with Crippen LogP contribution in [0.5, 0.6) is 0 Å². The lowest BCUT2D eigenvalue weighted by molar-refractivity contribution is 0.102. The third kappa shape index (κ3) is 4.62. The molecule has 6 heteroatoms. The van der Waals surface area contributed by atoms with Gasteiger partial charge in [0.25, 0.3) is 5.91 Å². The summed E-state index contributed by atoms with van der Waals surface area (Å²) in [6.07, 6.45) is 0. The number of halogens is 3. The average Bonchev–Trinajstić information content (AvgIpc) is 2.65. The maximum Gasteiger partial charge on any atom is 0.255 e. The summed E-state index contributed by atoms with van der Waals surface area (Å²) in [5, 5.41) is 2.96. The molecule has 0 unspecified atom stereocenters. The van der Waals surface area contributed by atoms with Crippen molar-refractivity contribution in [2.24, 2.45) is 0 Å². The lowest BCUT2D eigenvalue weighted by atomic mass is 10.1. The Hall–Kier alpha value is -2.37. The fourth-order valence-electron chi connectivity index (χ4n) is 2.25. The van der Waals surface area contributed by atoms with Gasteiger partial charge in [0.15, 0.2) is 0 Å². The minimum absolute atomic E-state index is 0.327. The summed E-state index contributed by atoms with van der Waals surface area (Å²) in [7, 11) is 0. The number of nitrogens with one attached hydrogen (secondary N) is 1. The molecule has 0 aliphatic heterocycles. The van der Waals surface area contributed by atoms with Crippen molar-refractivity contribution in [1.29, 1.82) is 0 Å². The third-order valence-corrected chi connectivity index (χ3v) is 4.97. The Balaban J connectivity index is 1.63. The van der Waals surface area contributed by atoms with Gasteiger partial charge in [0.1, 0.15) is 17.3 Å². The van der Waals surface area contributed by atoms with E-state index in [1.165, 1.54) is 6.07 Å². The van der Waals surface area contributed by atoms with Crippen LogP contribution in [-0.4, -0.2) is 5.91 Å². The zero-order valence-corrected chi connectivity index (χ0v) is 15.1. The van der Waals surface area contributed by atoms with Gasteiger partial charge in [0.05, 0.1) is 0 Å². The van der Waals surface area contributed by atoms with Crippen LogP contribution >= 0.6 is 23.4 Å². The molecule has 0 heterocycles. The molecule has 0 spiro atoms. The smallest absolute Gasteiger partial charge is 0.255 e. The van der Waals surface area contributed by atoms with Crippen LogP contribution in [0.15, 0.2) is 71.6 Å². The summed E-state index contributed by atoms with van der Waals surface area (Å²) in [4.78, 5) is 13.3. The van der Waals surface area contributed by atoms with E-state index in [0.29, 0.717) is 10.6 Å². The molecule has 0 saturated heterocycles. The normalized spacial score (nSPS) is 10.6. The Labute approximate surface area is 159 Å². The summed E-state index contributed by atoms with van der Waals surface area (Å²) in [6.45, 7) is 0. The van der Waals surface area contributed by atoms with Gasteiger partial charge < -0.3 is 5.32 Å². The van der Waals surface area contributed by atoms with Crippen LogP contribution in [0.25, 0.3) is 0 Å². The van der Waals surface area contributed by atoms with Crippen LogP contribution in [0.2, 0.25) is 5.02 Å². The molecule has 3 aromatic rings. The van der Waals surface area contributed by atoms with Crippen molar-refractivity contribution in [1.82, 2.24) is 0 Å². The Morgan fingerprint density at radius 1 is 0.923 bits per heavy atom. The van der Waals surface area contributed by atoms with E-state index >= 15 is 0 Å². The predicted molar refractivity (Wildman–Crippen MR) is 102 cm³/mol. The highest BCUT2D eigenvalue weighted by atomic mass is 35.5. The average molecular weight is 390 g/mol. The van der Waals surface area contributed by atoms with Gasteiger partial charge in [-0.3, -0.25) is 4.79 Å². The lowest BCUT2D eigenvalue weighted by Gasteiger charge is -2.08. The van der Waals surface area contributed by atoms with Crippen LogP contribution < -0.4 is 5.32 Å². The number of hydrogen-bond donors (Lipinski definition) is 1. The van der Waals surface area contributed by atoms with E-state index in [1.54, 1.807) is 23.9 Å². The molecule has 0 aliphatic carbocycles. The second-order valence-corrected chi connectivity index (χ2v) is 6.98. The standard InChI is InChI=1S/C20H14ClF2NOS/c21-15-8-10-16(11-9-15)26-12-13-4-6-14(7-5-13)20(25)24-19-17(22)2-1-3-18(19)23/h1-11H,12H2,(H,24,25). The van der Waals surface area contributed by atoms with Crippen LogP contribution in [-0.2, 0) is 5.75 Å². The molecule has 1 amide bonds. The van der Waals surface area contributed by atoms with Gasteiger partial charge in [-0.1, -0.05) is 29.8 Å². The van der Waals surface area contributed by atoms with Gasteiger partial charge >= 0.3 is 0 Å². The van der Waals surface area contributed by atoms with Crippen molar-refractivity contribution in [3.63, 3.8) is 0 Å². The van der Waals surface area contributed by atoms with Crippen LogP contribution in [0.3, 0.4) is 0 Å². The summed E-state index contributed by atoms with van der Waals surface area (Å²) in [6, 6.07) is 17.9. The highest BCUT2D eigenvalue weighted by Gasteiger charge is 2.13. The molecule has 1 N–H and O–H groups in total. The van der Waals surface area contributed by atoms with Crippen molar-refractivity contribution < 1.29 is 13.6 Å². The van der Waals surface area contributed by atoms with Gasteiger partial charge in [-0.2, -0.15) is 0 Å². The summed E-state index contributed by atoms with van der Waals surface area (Å²) < 4.78 is 27.2. The number of para-hydroxylation sites is 1. The zero-order chi connectivity index (χ0) is 18.5. The van der Waals surface area contributed by atoms with E-state index in [9.17, 15) is 13.6 Å². The maximum absolute atomic E-state index is 13.6. The monoisotopic (exact) mass is 389 g/mol. The molecule has 0 aliphatic rings. The largest absolute Gasteiger partial charge is 0.317 e. The van der Waals surface area contributed by atoms with Gasteiger partial charge in [0.2, 0.25) is 0 Å². The molecule has 0 fully saturated rings. The van der Waals surface area contributed by atoms with Crippen molar-refractivity contribution >= 4 is 35.0 Å². The Bertz CT molecular complexity index is 894. The molecule has 0 atom stereocenters. The highest BCUT2D eigenvalue weighted by molar-refractivity contribution is 7.98. The molecule has 2 nitrogen and oxygen atoms in total. The first-order valence-corrected chi connectivity index (χ1v) is 9.12. The lowest BCUT2D eigenvalue weighted by Crippen LogP contribution is -2.14. The molecular formula is C20H14ClF2NOS. The molecule has 3 rings (SSSR count). The molecule has 0 radical (unpaired) electrons. The van der Waals surface area contributed by atoms with E-state index in [2.05, 4.69) is 5.32 Å². The second-order valence-electron chi connectivity index (χ2n) is 5.49. The molecule has 26 heavy (non-hydrogen) atoms. The fraction of sp³-hybridized carbons (Fsp3) is 0.0500. The molecule has 0 bridgehead atoms. The summed E-state index contributed by atoms with van der Waals surface area (Å²) in [5.41, 5.74) is 0.909. The third-order valence-electron chi connectivity index (χ3n) is 3.64. The van der Waals surface area contributed by atoms with Crippen LogP contribution in [0.4, 0.5) is 14.5 Å². The Kier molecular flexibility index (Phi) is 5.91. The Morgan fingerprint density at radius 3 is 2.15 bits per heavy atom. The topological polar surface area (TPSA) is 29.1 Å². The highest BCUT2D eigenvalue weighted by Crippen LogP contribution is 2.25. The van der Waals surface area contributed by atoms with Gasteiger partial charge in [-0.15, -0.1) is 11.8 Å². The number of rotatable bonds is 5. The van der Waals surface area contributed by atoms with Crippen molar-refractivity contribution in [2.75, 3.05) is 5.32 Å². The quantitative estimate of drug-likeness (QED) is 0.529. The number of carbonyl (C=O) groups excluding carboxylic acids is 1. The number of carbonyl (C=O) groups is 1. The van der Waals surface area contributed by atoms with Crippen LogP contribution in [0, 0.1) is 11.6 Å². The number of anilines is 1. The number of thioether (sulfide) groups is 1. The van der Waals surface area contributed by atoms with E-state index in [4.69, 9.17) is 11.6 Å². The Morgan fingerprint density at radius 2 is 1.54 bits per heavy atom. The number of benzene rings is 3. The minimum atomic E-state index is -0.811. The van der Waals surface area contributed by atoms with Gasteiger partial charge in [-0.05, 0) is 54.1 Å². The molecule has 3 aromatic carbocycles. The summed E-state index contributed by atoms with van der Waals surface area (Å²) in [5.74, 6) is -1.46. The fourth-order valence-corrected chi connectivity index (χ4v) is 3.23. The van der Waals surface area contributed by atoms with E-state index in [1.807, 2.05) is 36.4 Å². The number of amides is 1. The van der Waals surface area contributed by atoms with Crippen molar-refractivity contribution in [2.45, 2.75) is 10.6 Å².